The molecule has 2 aromatic heterocycles. The minimum atomic E-state index is -0.963. The Hall–Kier alpha value is -1.33. The van der Waals surface area contributed by atoms with Gasteiger partial charge in [0.15, 0.2) is 0 Å². The average Bonchev–Trinajstić information content (AvgIpc) is 2.81. The molecule has 1 N–H and O–H groups in total. The van der Waals surface area contributed by atoms with Crippen LogP contribution in [0.1, 0.15) is 10.4 Å². The fourth-order valence-corrected chi connectivity index (χ4v) is 2.09. The van der Waals surface area contributed by atoms with Gasteiger partial charge in [-0.2, -0.15) is 0 Å². The van der Waals surface area contributed by atoms with Gasteiger partial charge in [-0.05, 0) is 24.3 Å². The average molecular weight is 297 g/mol. The van der Waals surface area contributed by atoms with E-state index in [9.17, 15) is 4.79 Å². The first-order valence-corrected chi connectivity index (χ1v) is 5.99. The third-order valence-electron chi connectivity index (χ3n) is 2.83. The van der Waals surface area contributed by atoms with E-state index in [0.29, 0.717) is 10.7 Å². The molecule has 2 heterocycles. The quantitative estimate of drug-likeness (QED) is 0.740. The van der Waals surface area contributed by atoms with Crippen molar-refractivity contribution in [2.45, 2.75) is 0 Å². The van der Waals surface area contributed by atoms with Crippen molar-refractivity contribution >= 4 is 52.8 Å². The molecular weight excluding hydrogens is 287 g/mol. The Morgan fingerprint density at radius 3 is 2.75 bits per heavy atom. The number of nitrogens with zero attached hydrogens (tertiary/aromatic N) is 2. The zero-order chi connectivity index (χ0) is 13.4. The number of fused-ring (bicyclic) bond motifs is 1. The Kier molecular flexibility index (Phi) is 4.50. The summed E-state index contributed by atoms with van der Waals surface area (Å²) in [5.41, 5.74) is 2.46. The molecule has 20 heavy (non-hydrogen) atoms. The summed E-state index contributed by atoms with van der Waals surface area (Å²) in [5.74, 6) is -0.963. The summed E-state index contributed by atoms with van der Waals surface area (Å²) in [6.45, 7) is 0. The summed E-state index contributed by atoms with van der Waals surface area (Å²) in [5, 5.41) is 9.59. The standard InChI is InChI=1S/C14H9ClN2O2.Na.H/c15-11-3-1-2-9(6-11)12-8-17-5-4-10(14(18)19)7-13(17)16-12;;/h1-8H,(H,18,19);;. The van der Waals surface area contributed by atoms with Crippen molar-refractivity contribution in [3.8, 4) is 11.3 Å². The zero-order valence-corrected chi connectivity index (χ0v) is 10.5. The van der Waals surface area contributed by atoms with E-state index in [1.807, 2.05) is 24.4 Å². The van der Waals surface area contributed by atoms with Crippen LogP contribution in [0.4, 0.5) is 0 Å². The van der Waals surface area contributed by atoms with Crippen LogP contribution in [0.25, 0.3) is 16.9 Å². The van der Waals surface area contributed by atoms with E-state index < -0.39 is 5.97 Å². The van der Waals surface area contributed by atoms with Crippen molar-refractivity contribution in [1.82, 2.24) is 9.38 Å². The number of hydrogen-bond donors (Lipinski definition) is 1. The third-order valence-corrected chi connectivity index (χ3v) is 3.06. The molecule has 0 bridgehead atoms. The number of carboxylic acids is 1. The van der Waals surface area contributed by atoms with Gasteiger partial charge in [0, 0.05) is 23.0 Å². The summed E-state index contributed by atoms with van der Waals surface area (Å²) in [6.07, 6.45) is 3.52. The predicted octanol–water partition coefficient (Wildman–Crippen LogP) is 2.70. The van der Waals surface area contributed by atoms with E-state index >= 15 is 0 Å². The van der Waals surface area contributed by atoms with E-state index in [1.165, 1.54) is 6.07 Å². The molecule has 4 nitrogen and oxygen atoms in total. The van der Waals surface area contributed by atoms with Crippen LogP contribution in [0, 0.1) is 0 Å². The van der Waals surface area contributed by atoms with Crippen LogP contribution < -0.4 is 0 Å². The molecule has 3 aromatic rings. The molecule has 96 valence electrons. The molecule has 6 heteroatoms. The molecule has 0 aliphatic rings. The monoisotopic (exact) mass is 296 g/mol. The van der Waals surface area contributed by atoms with Gasteiger partial charge in [0.05, 0.1) is 11.3 Å². The van der Waals surface area contributed by atoms with E-state index in [1.54, 1.807) is 22.7 Å². The van der Waals surface area contributed by atoms with Crippen molar-refractivity contribution in [3.05, 3.63) is 59.4 Å². The number of aromatic nitrogens is 2. The van der Waals surface area contributed by atoms with Gasteiger partial charge in [0.1, 0.15) is 5.65 Å². The summed E-state index contributed by atoms with van der Waals surface area (Å²) in [4.78, 5) is 15.3. The number of halogens is 1. The molecular formula is C14H10ClN2NaO2. The van der Waals surface area contributed by atoms with Gasteiger partial charge in [0.2, 0.25) is 0 Å². The van der Waals surface area contributed by atoms with Crippen molar-refractivity contribution in [2.75, 3.05) is 0 Å². The van der Waals surface area contributed by atoms with E-state index in [-0.39, 0.29) is 35.1 Å². The molecule has 0 spiro atoms. The Bertz CT molecular complexity index is 786. The van der Waals surface area contributed by atoms with Crippen molar-refractivity contribution in [1.29, 1.82) is 0 Å². The van der Waals surface area contributed by atoms with Gasteiger partial charge in [0.25, 0.3) is 0 Å². The van der Waals surface area contributed by atoms with Gasteiger partial charge >= 0.3 is 35.5 Å². The summed E-state index contributed by atoms with van der Waals surface area (Å²) >= 11 is 5.95. The molecule has 0 atom stereocenters. The van der Waals surface area contributed by atoms with Gasteiger partial charge in [-0.1, -0.05) is 23.7 Å². The van der Waals surface area contributed by atoms with E-state index in [2.05, 4.69) is 4.98 Å². The number of hydrogen-bond acceptors (Lipinski definition) is 2. The number of pyridine rings is 1. The zero-order valence-electron chi connectivity index (χ0n) is 9.75. The van der Waals surface area contributed by atoms with Crippen molar-refractivity contribution in [2.24, 2.45) is 0 Å². The second-order valence-electron chi connectivity index (χ2n) is 4.12. The number of aromatic carboxylic acids is 1. The first-order valence-electron chi connectivity index (χ1n) is 5.61. The van der Waals surface area contributed by atoms with Crippen LogP contribution in [0.3, 0.4) is 0 Å². The number of carboxylic acid groups (broad SMARTS) is 1. The van der Waals surface area contributed by atoms with Crippen molar-refractivity contribution in [3.63, 3.8) is 0 Å². The molecule has 0 aliphatic heterocycles. The summed E-state index contributed by atoms with van der Waals surface area (Å²) in [6, 6.07) is 10.5. The van der Waals surface area contributed by atoms with Crippen molar-refractivity contribution < 1.29 is 9.90 Å². The molecule has 0 aliphatic carbocycles. The topological polar surface area (TPSA) is 54.6 Å². The van der Waals surface area contributed by atoms with Crippen LogP contribution in [-0.4, -0.2) is 50.0 Å². The SMILES string of the molecule is O=C(O)c1ccn2cc(-c3cccc(Cl)c3)nc2c1.[NaH]. The molecule has 1 aromatic carbocycles. The maximum absolute atomic E-state index is 10.9. The fourth-order valence-electron chi connectivity index (χ4n) is 1.90. The first-order chi connectivity index (χ1) is 9.13. The number of rotatable bonds is 2. The maximum atomic E-state index is 10.9. The summed E-state index contributed by atoms with van der Waals surface area (Å²) in [7, 11) is 0. The predicted molar refractivity (Wildman–Crippen MR) is 79.7 cm³/mol. The second-order valence-corrected chi connectivity index (χ2v) is 4.56. The Labute approximate surface area is 142 Å². The summed E-state index contributed by atoms with van der Waals surface area (Å²) < 4.78 is 1.78. The molecule has 3 rings (SSSR count). The van der Waals surface area contributed by atoms with Gasteiger partial charge in [-0.15, -0.1) is 0 Å². The molecule has 0 saturated heterocycles. The third kappa shape index (κ3) is 2.88. The van der Waals surface area contributed by atoms with Crippen LogP contribution in [0.15, 0.2) is 48.8 Å². The molecule has 0 unspecified atom stereocenters. The van der Waals surface area contributed by atoms with Gasteiger partial charge in [-0.25, -0.2) is 9.78 Å². The van der Waals surface area contributed by atoms with Crippen LogP contribution in [0.5, 0.6) is 0 Å². The van der Waals surface area contributed by atoms with E-state index in [4.69, 9.17) is 16.7 Å². The Balaban J connectivity index is 0.00000147. The number of benzene rings is 1. The first kappa shape index (κ1) is 15.1. The van der Waals surface area contributed by atoms with Crippen LogP contribution in [0.2, 0.25) is 5.02 Å². The number of imidazole rings is 1. The molecule has 0 fully saturated rings. The Morgan fingerprint density at radius 2 is 2.05 bits per heavy atom. The molecule has 0 saturated carbocycles. The van der Waals surface area contributed by atoms with Gasteiger partial charge < -0.3 is 9.51 Å². The second kappa shape index (κ2) is 5.97. The van der Waals surface area contributed by atoms with E-state index in [0.717, 1.165) is 11.3 Å². The van der Waals surface area contributed by atoms with Crippen LogP contribution in [-0.2, 0) is 0 Å². The Morgan fingerprint density at radius 1 is 1.25 bits per heavy atom. The number of carbonyl (C=O) groups is 1. The van der Waals surface area contributed by atoms with Crippen LogP contribution >= 0.6 is 11.6 Å². The fraction of sp³-hybridized carbons (Fsp3) is 0. The minimum absolute atomic E-state index is 0. The van der Waals surface area contributed by atoms with Gasteiger partial charge in [-0.3, -0.25) is 0 Å². The molecule has 0 radical (unpaired) electrons. The molecule has 0 amide bonds. The normalized spacial score (nSPS) is 10.2.